The van der Waals surface area contributed by atoms with Crippen LogP contribution < -0.4 is 10.2 Å². The van der Waals surface area contributed by atoms with Crippen molar-refractivity contribution in [2.45, 2.75) is 38.0 Å². The van der Waals surface area contributed by atoms with Gasteiger partial charge in [0.25, 0.3) is 0 Å². The minimum atomic E-state index is -0.988. The largest absolute Gasteiger partial charge is 0.385 e. The number of fused-ring (bicyclic) bond motifs is 1. The molecule has 7 heteroatoms. The minimum absolute atomic E-state index is 0.334. The molecular formula is C21H27N5O2. The fourth-order valence-corrected chi connectivity index (χ4v) is 3.49. The number of carbonyl (C=O) groups excluding carboxylic acids is 1. The summed E-state index contributed by atoms with van der Waals surface area (Å²) in [6, 6.07) is 9.74. The van der Waals surface area contributed by atoms with Gasteiger partial charge >= 0.3 is 0 Å². The van der Waals surface area contributed by atoms with E-state index in [0.717, 1.165) is 31.4 Å². The van der Waals surface area contributed by atoms with Crippen LogP contribution in [0.2, 0.25) is 0 Å². The third kappa shape index (κ3) is 4.76. The molecule has 0 bridgehead atoms. The maximum Gasteiger partial charge on any atom is 0.243 e. The SMILES string of the molecule is COCCCNC(=O)[C@@H](C#N)c1nc2ccccc2nc1N1CCCCCC1. The van der Waals surface area contributed by atoms with E-state index in [2.05, 4.69) is 16.3 Å². The van der Waals surface area contributed by atoms with Gasteiger partial charge < -0.3 is 15.0 Å². The third-order valence-corrected chi connectivity index (χ3v) is 4.97. The highest BCUT2D eigenvalue weighted by atomic mass is 16.5. The molecule has 0 radical (unpaired) electrons. The third-order valence-electron chi connectivity index (χ3n) is 4.97. The Morgan fingerprint density at radius 1 is 1.21 bits per heavy atom. The zero-order valence-corrected chi connectivity index (χ0v) is 16.4. The minimum Gasteiger partial charge on any atom is -0.385 e. The van der Waals surface area contributed by atoms with E-state index < -0.39 is 5.92 Å². The van der Waals surface area contributed by atoms with Crippen molar-refractivity contribution in [3.05, 3.63) is 30.0 Å². The molecule has 1 aromatic heterocycles. The molecule has 3 rings (SSSR count). The van der Waals surface area contributed by atoms with Crippen molar-refractivity contribution < 1.29 is 9.53 Å². The Morgan fingerprint density at radius 3 is 2.54 bits per heavy atom. The Morgan fingerprint density at radius 2 is 1.89 bits per heavy atom. The average Bonchev–Trinajstić information content (AvgIpc) is 3.01. The van der Waals surface area contributed by atoms with Crippen molar-refractivity contribution >= 4 is 22.8 Å². The number of methoxy groups -OCH3 is 1. The zero-order chi connectivity index (χ0) is 19.8. The first kappa shape index (κ1) is 20.0. The lowest BCUT2D eigenvalue weighted by molar-refractivity contribution is -0.121. The van der Waals surface area contributed by atoms with Crippen molar-refractivity contribution in [3.8, 4) is 6.07 Å². The lowest BCUT2D eigenvalue weighted by atomic mass is 10.0. The predicted octanol–water partition coefficient (Wildman–Crippen LogP) is 2.77. The van der Waals surface area contributed by atoms with Gasteiger partial charge in [-0.25, -0.2) is 9.97 Å². The summed E-state index contributed by atoms with van der Waals surface area (Å²) in [5.74, 6) is -0.656. The number of nitrogens with zero attached hydrogens (tertiary/aromatic N) is 4. The van der Waals surface area contributed by atoms with Crippen LogP contribution in [0.1, 0.15) is 43.7 Å². The molecule has 0 aliphatic carbocycles. The van der Waals surface area contributed by atoms with Crippen LogP contribution in [0.5, 0.6) is 0 Å². The number of nitriles is 1. The molecule has 28 heavy (non-hydrogen) atoms. The van der Waals surface area contributed by atoms with Crippen LogP contribution in [0.25, 0.3) is 11.0 Å². The summed E-state index contributed by atoms with van der Waals surface area (Å²) in [7, 11) is 1.62. The Balaban J connectivity index is 1.95. The molecule has 1 N–H and O–H groups in total. The summed E-state index contributed by atoms with van der Waals surface area (Å²) in [5.41, 5.74) is 1.93. The van der Waals surface area contributed by atoms with Crippen LogP contribution in [0, 0.1) is 11.3 Å². The number of hydrogen-bond acceptors (Lipinski definition) is 6. The number of hydrogen-bond donors (Lipinski definition) is 1. The molecule has 1 aromatic carbocycles. The summed E-state index contributed by atoms with van der Waals surface area (Å²) in [6.07, 6.45) is 5.23. The van der Waals surface area contributed by atoms with Gasteiger partial charge in [0, 0.05) is 33.4 Å². The van der Waals surface area contributed by atoms with Crippen LogP contribution in [0.3, 0.4) is 0 Å². The van der Waals surface area contributed by atoms with Gasteiger partial charge in [0.1, 0.15) is 5.69 Å². The average molecular weight is 381 g/mol. The van der Waals surface area contributed by atoms with Gasteiger partial charge in [-0.05, 0) is 31.4 Å². The molecule has 1 fully saturated rings. The zero-order valence-electron chi connectivity index (χ0n) is 16.4. The molecule has 0 saturated carbocycles. The molecule has 1 aliphatic rings. The van der Waals surface area contributed by atoms with E-state index >= 15 is 0 Å². The molecule has 2 heterocycles. The fraction of sp³-hybridized carbons (Fsp3) is 0.524. The Bertz CT molecular complexity index is 840. The van der Waals surface area contributed by atoms with Gasteiger partial charge in [-0.15, -0.1) is 0 Å². The van der Waals surface area contributed by atoms with Gasteiger partial charge in [0.05, 0.1) is 17.1 Å². The quantitative estimate of drug-likeness (QED) is 0.742. The first-order valence-electron chi connectivity index (χ1n) is 9.92. The normalized spacial score (nSPS) is 15.6. The topological polar surface area (TPSA) is 91.1 Å². The molecule has 1 amide bonds. The van der Waals surface area contributed by atoms with Crippen molar-refractivity contribution in [1.29, 1.82) is 5.26 Å². The number of anilines is 1. The highest BCUT2D eigenvalue weighted by Gasteiger charge is 2.28. The number of ether oxygens (including phenoxy) is 1. The van der Waals surface area contributed by atoms with E-state index in [9.17, 15) is 10.1 Å². The highest BCUT2D eigenvalue weighted by Crippen LogP contribution is 2.29. The second-order valence-corrected chi connectivity index (χ2v) is 7.02. The summed E-state index contributed by atoms with van der Waals surface area (Å²) in [4.78, 5) is 24.4. The summed E-state index contributed by atoms with van der Waals surface area (Å²) >= 11 is 0. The van der Waals surface area contributed by atoms with Crippen LogP contribution in [-0.4, -0.2) is 49.2 Å². The van der Waals surface area contributed by atoms with E-state index in [1.54, 1.807) is 7.11 Å². The molecular weight excluding hydrogens is 354 g/mol. The number of nitrogens with one attached hydrogen (secondary N) is 1. The van der Waals surface area contributed by atoms with E-state index in [1.807, 2.05) is 24.3 Å². The number of aromatic nitrogens is 2. The fourth-order valence-electron chi connectivity index (χ4n) is 3.49. The van der Waals surface area contributed by atoms with Crippen LogP contribution >= 0.6 is 0 Å². The monoisotopic (exact) mass is 381 g/mol. The van der Waals surface area contributed by atoms with Gasteiger partial charge in [-0.3, -0.25) is 4.79 Å². The first-order chi connectivity index (χ1) is 13.7. The maximum atomic E-state index is 12.7. The number of amides is 1. The van der Waals surface area contributed by atoms with Crippen molar-refractivity contribution in [1.82, 2.24) is 15.3 Å². The summed E-state index contributed by atoms with van der Waals surface area (Å²) < 4.78 is 5.01. The lowest BCUT2D eigenvalue weighted by Crippen LogP contribution is -2.33. The maximum absolute atomic E-state index is 12.7. The van der Waals surface area contributed by atoms with E-state index in [-0.39, 0.29) is 5.91 Å². The molecule has 148 valence electrons. The number of rotatable bonds is 7. The summed E-state index contributed by atoms with van der Waals surface area (Å²) in [6.45, 7) is 2.76. The smallest absolute Gasteiger partial charge is 0.243 e. The van der Waals surface area contributed by atoms with E-state index in [4.69, 9.17) is 14.7 Å². The van der Waals surface area contributed by atoms with Gasteiger partial charge in [-0.1, -0.05) is 25.0 Å². The molecule has 0 spiro atoms. The number of benzene rings is 1. The van der Waals surface area contributed by atoms with Crippen molar-refractivity contribution in [2.75, 3.05) is 38.3 Å². The first-order valence-corrected chi connectivity index (χ1v) is 9.92. The summed E-state index contributed by atoms with van der Waals surface area (Å²) in [5, 5.41) is 12.6. The Hall–Kier alpha value is -2.72. The molecule has 1 atom stereocenters. The molecule has 2 aromatic rings. The molecule has 0 unspecified atom stereocenters. The van der Waals surface area contributed by atoms with Crippen LogP contribution in [0.15, 0.2) is 24.3 Å². The van der Waals surface area contributed by atoms with Crippen LogP contribution in [-0.2, 0) is 9.53 Å². The highest BCUT2D eigenvalue weighted by molar-refractivity contribution is 5.88. The predicted molar refractivity (Wildman–Crippen MR) is 108 cm³/mol. The number of carbonyl (C=O) groups is 1. The van der Waals surface area contributed by atoms with Gasteiger partial charge in [0.2, 0.25) is 5.91 Å². The second-order valence-electron chi connectivity index (χ2n) is 7.02. The Labute approximate surface area is 165 Å². The van der Waals surface area contributed by atoms with E-state index in [1.165, 1.54) is 12.8 Å². The van der Waals surface area contributed by atoms with Crippen molar-refractivity contribution in [2.24, 2.45) is 0 Å². The molecule has 7 nitrogen and oxygen atoms in total. The standard InChI is InChI=1S/C21H27N5O2/c1-28-14-8-11-23-21(27)16(15-22)19-20(26-12-6-2-3-7-13-26)25-18-10-5-4-9-17(18)24-19/h4-5,9-10,16H,2-3,6-8,11-14H2,1H3,(H,23,27)/t16-/m0/s1. The van der Waals surface area contributed by atoms with Gasteiger partial charge in [0.15, 0.2) is 11.7 Å². The molecule has 1 aliphatic heterocycles. The number of para-hydroxylation sites is 2. The second kappa shape index (κ2) is 10.00. The Kier molecular flexibility index (Phi) is 7.15. The van der Waals surface area contributed by atoms with Gasteiger partial charge in [-0.2, -0.15) is 5.26 Å². The molecule has 1 saturated heterocycles. The van der Waals surface area contributed by atoms with Crippen LogP contribution in [0.4, 0.5) is 5.82 Å². The van der Waals surface area contributed by atoms with Crippen molar-refractivity contribution in [3.63, 3.8) is 0 Å². The lowest BCUT2D eigenvalue weighted by Gasteiger charge is -2.25. The van der Waals surface area contributed by atoms with E-state index in [0.29, 0.717) is 36.6 Å².